The molecule has 1 aromatic carbocycles. The second kappa shape index (κ2) is 3.92. The molecule has 0 unspecified atom stereocenters. The minimum Gasteiger partial charge on any atom is -0.506 e. The summed E-state index contributed by atoms with van der Waals surface area (Å²) < 4.78 is 0. The lowest BCUT2D eigenvalue weighted by Crippen LogP contribution is -2.35. The Balaban J connectivity index is 2.40. The molecule has 1 aromatic rings. The first-order valence-electron chi connectivity index (χ1n) is 5.11. The molecule has 2 rings (SSSR count). The van der Waals surface area contributed by atoms with Gasteiger partial charge in [-0.3, -0.25) is 0 Å². The lowest BCUT2D eigenvalue weighted by atomic mass is 10.2. The normalized spacial score (nSPS) is 20.0. The molecule has 3 N–H and O–H groups in total. The fourth-order valence-electron chi connectivity index (χ4n) is 2.10. The first-order valence-corrected chi connectivity index (χ1v) is 5.11. The predicted octanol–water partition coefficient (Wildman–Crippen LogP) is 1.15. The van der Waals surface area contributed by atoms with Crippen molar-refractivity contribution in [2.45, 2.75) is 18.9 Å². The van der Waals surface area contributed by atoms with Crippen molar-refractivity contribution in [3.8, 4) is 11.5 Å². The first kappa shape index (κ1) is 10.6. The Labute approximate surface area is 92.6 Å². The minimum absolute atomic E-state index is 0.0897. The number of aliphatic carboxylic acids is 1. The smallest absolute Gasteiger partial charge is 0.326 e. The SMILES string of the molecule is O=C(O)[C@@H]1CCCN1c1c(O)cccc1O. The van der Waals surface area contributed by atoms with E-state index < -0.39 is 12.0 Å². The maximum Gasteiger partial charge on any atom is 0.326 e. The Morgan fingerprint density at radius 3 is 2.50 bits per heavy atom. The molecular formula is C11H13NO4. The van der Waals surface area contributed by atoms with E-state index in [1.54, 1.807) is 0 Å². The maximum atomic E-state index is 11.0. The summed E-state index contributed by atoms with van der Waals surface area (Å²) in [7, 11) is 0. The summed E-state index contributed by atoms with van der Waals surface area (Å²) in [6.07, 6.45) is 1.27. The molecule has 0 aromatic heterocycles. The van der Waals surface area contributed by atoms with Gasteiger partial charge in [0, 0.05) is 6.54 Å². The van der Waals surface area contributed by atoms with E-state index in [4.69, 9.17) is 5.11 Å². The van der Waals surface area contributed by atoms with E-state index >= 15 is 0 Å². The van der Waals surface area contributed by atoms with Gasteiger partial charge in [0.15, 0.2) is 0 Å². The molecule has 0 aliphatic carbocycles. The molecule has 1 saturated heterocycles. The van der Waals surface area contributed by atoms with Gasteiger partial charge < -0.3 is 20.2 Å². The molecule has 1 atom stereocenters. The zero-order valence-corrected chi connectivity index (χ0v) is 8.63. The number of nitrogens with zero attached hydrogens (tertiary/aromatic N) is 1. The van der Waals surface area contributed by atoms with Crippen LogP contribution in [0.3, 0.4) is 0 Å². The molecule has 0 bridgehead atoms. The molecule has 0 saturated carbocycles. The van der Waals surface area contributed by atoms with E-state index in [0.29, 0.717) is 13.0 Å². The highest BCUT2D eigenvalue weighted by Gasteiger charge is 2.33. The zero-order chi connectivity index (χ0) is 11.7. The number of carboxylic acid groups (broad SMARTS) is 1. The third-order valence-corrected chi connectivity index (χ3v) is 2.82. The number of carboxylic acids is 1. The highest BCUT2D eigenvalue weighted by molar-refractivity contribution is 5.81. The Morgan fingerprint density at radius 1 is 1.31 bits per heavy atom. The van der Waals surface area contributed by atoms with E-state index in [9.17, 15) is 15.0 Å². The molecule has 86 valence electrons. The van der Waals surface area contributed by atoms with Gasteiger partial charge >= 0.3 is 5.97 Å². The molecule has 0 spiro atoms. The number of anilines is 1. The van der Waals surface area contributed by atoms with Gasteiger partial charge in [-0.15, -0.1) is 0 Å². The van der Waals surface area contributed by atoms with E-state index in [0.717, 1.165) is 6.42 Å². The topological polar surface area (TPSA) is 81.0 Å². The van der Waals surface area contributed by atoms with E-state index in [1.165, 1.54) is 23.1 Å². The van der Waals surface area contributed by atoms with Crippen molar-refractivity contribution >= 4 is 11.7 Å². The van der Waals surface area contributed by atoms with Crippen LogP contribution in [0.2, 0.25) is 0 Å². The molecule has 1 heterocycles. The largest absolute Gasteiger partial charge is 0.506 e. The molecule has 0 amide bonds. The third-order valence-electron chi connectivity index (χ3n) is 2.82. The third kappa shape index (κ3) is 1.64. The standard InChI is InChI=1S/C11H13NO4/c13-8-4-1-5-9(14)10(8)12-6-2-3-7(12)11(15)16/h1,4-5,7,13-14H,2-3,6H2,(H,15,16)/t7-/m0/s1. The lowest BCUT2D eigenvalue weighted by molar-refractivity contribution is -0.138. The van der Waals surface area contributed by atoms with Crippen LogP contribution in [-0.4, -0.2) is 33.9 Å². The van der Waals surface area contributed by atoms with Crippen molar-refractivity contribution < 1.29 is 20.1 Å². The second-order valence-electron chi connectivity index (χ2n) is 3.83. The Bertz CT molecular complexity index is 398. The van der Waals surface area contributed by atoms with Crippen molar-refractivity contribution in [3.05, 3.63) is 18.2 Å². The summed E-state index contributed by atoms with van der Waals surface area (Å²) >= 11 is 0. The zero-order valence-electron chi connectivity index (χ0n) is 8.63. The fraction of sp³-hybridized carbons (Fsp3) is 0.364. The summed E-state index contributed by atoms with van der Waals surface area (Å²) in [4.78, 5) is 12.5. The molecule has 5 nitrogen and oxygen atoms in total. The maximum absolute atomic E-state index is 11.0. The van der Waals surface area contributed by atoms with E-state index in [1.807, 2.05) is 0 Å². The van der Waals surface area contributed by atoms with Crippen LogP contribution in [0.25, 0.3) is 0 Å². The van der Waals surface area contributed by atoms with Crippen LogP contribution in [0.1, 0.15) is 12.8 Å². The summed E-state index contributed by atoms with van der Waals surface area (Å²) in [6.45, 7) is 0.530. The number of phenols is 2. The number of carbonyl (C=O) groups is 1. The van der Waals surface area contributed by atoms with Gasteiger partial charge in [0.05, 0.1) is 0 Å². The average Bonchev–Trinajstić information content (AvgIpc) is 2.66. The van der Waals surface area contributed by atoms with Gasteiger partial charge in [0.25, 0.3) is 0 Å². The molecule has 1 aliphatic rings. The van der Waals surface area contributed by atoms with Crippen molar-refractivity contribution in [3.63, 3.8) is 0 Å². The summed E-state index contributed by atoms with van der Waals surface area (Å²) in [6, 6.07) is 3.72. The molecular weight excluding hydrogens is 210 g/mol. The monoisotopic (exact) mass is 223 g/mol. The van der Waals surface area contributed by atoms with Gasteiger partial charge in [-0.25, -0.2) is 4.79 Å². The Kier molecular flexibility index (Phi) is 2.60. The Morgan fingerprint density at radius 2 is 1.94 bits per heavy atom. The number of aromatic hydroxyl groups is 2. The first-order chi connectivity index (χ1) is 7.61. The Hall–Kier alpha value is -1.91. The summed E-state index contributed by atoms with van der Waals surface area (Å²) in [5.41, 5.74) is 0.215. The molecule has 16 heavy (non-hydrogen) atoms. The summed E-state index contributed by atoms with van der Waals surface area (Å²) in [5.74, 6) is -1.11. The van der Waals surface area contributed by atoms with Crippen molar-refractivity contribution in [1.82, 2.24) is 0 Å². The van der Waals surface area contributed by atoms with E-state index in [2.05, 4.69) is 0 Å². The number of hydrogen-bond acceptors (Lipinski definition) is 4. The number of phenolic OH excluding ortho intramolecular Hbond substituents is 2. The predicted molar refractivity (Wildman–Crippen MR) is 57.8 cm³/mol. The van der Waals surface area contributed by atoms with Crippen LogP contribution in [-0.2, 0) is 4.79 Å². The van der Waals surface area contributed by atoms with E-state index in [-0.39, 0.29) is 17.2 Å². The van der Waals surface area contributed by atoms with Crippen LogP contribution >= 0.6 is 0 Å². The average molecular weight is 223 g/mol. The van der Waals surface area contributed by atoms with Crippen LogP contribution in [0.4, 0.5) is 5.69 Å². The fourth-order valence-corrected chi connectivity index (χ4v) is 2.10. The molecule has 0 radical (unpaired) electrons. The van der Waals surface area contributed by atoms with Crippen LogP contribution in [0.5, 0.6) is 11.5 Å². The van der Waals surface area contributed by atoms with Crippen molar-refractivity contribution in [2.75, 3.05) is 11.4 Å². The van der Waals surface area contributed by atoms with Gasteiger partial charge in [0.2, 0.25) is 0 Å². The molecule has 1 fully saturated rings. The van der Waals surface area contributed by atoms with Crippen LogP contribution in [0.15, 0.2) is 18.2 Å². The van der Waals surface area contributed by atoms with Crippen molar-refractivity contribution in [1.29, 1.82) is 0 Å². The second-order valence-corrected chi connectivity index (χ2v) is 3.83. The summed E-state index contributed by atoms with van der Waals surface area (Å²) in [5, 5.41) is 28.3. The van der Waals surface area contributed by atoms with Gasteiger partial charge in [0.1, 0.15) is 23.2 Å². The van der Waals surface area contributed by atoms with Gasteiger partial charge in [-0.2, -0.15) is 0 Å². The molecule has 1 aliphatic heterocycles. The number of rotatable bonds is 2. The molecule has 5 heteroatoms. The van der Waals surface area contributed by atoms with Gasteiger partial charge in [-0.1, -0.05) is 6.07 Å². The highest BCUT2D eigenvalue weighted by Crippen LogP contribution is 2.39. The van der Waals surface area contributed by atoms with Gasteiger partial charge in [-0.05, 0) is 25.0 Å². The van der Waals surface area contributed by atoms with Crippen LogP contribution in [0, 0.1) is 0 Å². The number of para-hydroxylation sites is 1. The number of hydrogen-bond donors (Lipinski definition) is 3. The highest BCUT2D eigenvalue weighted by atomic mass is 16.4. The minimum atomic E-state index is -0.930. The number of benzene rings is 1. The quantitative estimate of drug-likeness (QED) is 0.700. The lowest BCUT2D eigenvalue weighted by Gasteiger charge is -2.25. The van der Waals surface area contributed by atoms with Crippen LogP contribution < -0.4 is 4.90 Å². The van der Waals surface area contributed by atoms with Crippen molar-refractivity contribution in [2.24, 2.45) is 0 Å².